The Bertz CT molecular complexity index is 551. The Morgan fingerprint density at radius 3 is 2.38 bits per heavy atom. The highest BCUT2D eigenvalue weighted by Gasteiger charge is 2.53. The quantitative estimate of drug-likeness (QED) is 0.888. The van der Waals surface area contributed by atoms with Gasteiger partial charge in [-0.15, -0.1) is 0 Å². The maximum Gasteiger partial charge on any atom is 0.123 e. The van der Waals surface area contributed by atoms with Crippen LogP contribution in [0.15, 0.2) is 24.3 Å². The number of nitrogens with zero attached hydrogens (tertiary/aromatic N) is 1. The molecule has 1 aromatic carbocycles. The van der Waals surface area contributed by atoms with E-state index >= 15 is 0 Å². The molecule has 0 bridgehead atoms. The maximum absolute atomic E-state index is 13.6. The van der Waals surface area contributed by atoms with E-state index < -0.39 is 11.0 Å². The minimum Gasteiger partial charge on any atom is -0.383 e. The minimum absolute atomic E-state index is 0.205. The van der Waals surface area contributed by atoms with Gasteiger partial charge in [0.1, 0.15) is 11.4 Å². The van der Waals surface area contributed by atoms with Gasteiger partial charge in [-0.1, -0.05) is 32.9 Å². The van der Waals surface area contributed by atoms with Gasteiger partial charge < -0.3 is 5.11 Å². The largest absolute Gasteiger partial charge is 0.383 e. The van der Waals surface area contributed by atoms with Crippen molar-refractivity contribution in [3.8, 4) is 6.07 Å². The molecule has 1 fully saturated rings. The highest BCUT2D eigenvalue weighted by molar-refractivity contribution is 5.30. The van der Waals surface area contributed by atoms with Crippen molar-refractivity contribution in [2.75, 3.05) is 0 Å². The molecule has 1 aliphatic carbocycles. The van der Waals surface area contributed by atoms with E-state index in [1.807, 2.05) is 6.92 Å². The molecule has 1 N–H and O–H groups in total. The summed E-state index contributed by atoms with van der Waals surface area (Å²) in [7, 11) is 0. The first-order valence-electron chi connectivity index (χ1n) is 7.68. The molecule has 0 aromatic heterocycles. The lowest BCUT2D eigenvalue weighted by molar-refractivity contribution is -0.0945. The molecule has 1 atom stereocenters. The number of rotatable bonds is 3. The lowest BCUT2D eigenvalue weighted by Gasteiger charge is -2.48. The maximum atomic E-state index is 13.6. The smallest absolute Gasteiger partial charge is 0.123 e. The summed E-state index contributed by atoms with van der Waals surface area (Å²) in [6.07, 6.45) is 3.51. The number of hydrogen-bond donors (Lipinski definition) is 1. The molecular formula is C18H24FNO. The Morgan fingerprint density at radius 1 is 1.29 bits per heavy atom. The van der Waals surface area contributed by atoms with Crippen LogP contribution < -0.4 is 0 Å². The van der Waals surface area contributed by atoms with Crippen LogP contribution >= 0.6 is 0 Å². The second kappa shape index (κ2) is 5.42. The standard InChI is InChI=1S/C18H24FNO/c1-4-18(21,14-6-5-7-15(19)12-14)17(13-20)10-8-16(2,3)9-11-17/h5-7,12,21H,4,8-11H2,1-3H3. The first-order chi connectivity index (χ1) is 9.78. The van der Waals surface area contributed by atoms with E-state index in [-0.39, 0.29) is 11.2 Å². The molecule has 3 heteroatoms. The second-order valence-electron chi connectivity index (χ2n) is 7.08. The van der Waals surface area contributed by atoms with Crippen LogP contribution in [0.5, 0.6) is 0 Å². The fourth-order valence-electron chi connectivity index (χ4n) is 3.54. The van der Waals surface area contributed by atoms with Gasteiger partial charge in [-0.25, -0.2) is 4.39 Å². The Hall–Kier alpha value is -1.40. The van der Waals surface area contributed by atoms with Gasteiger partial charge in [0.15, 0.2) is 0 Å². The average Bonchev–Trinajstić information content (AvgIpc) is 2.47. The predicted octanol–water partition coefficient (Wildman–Crippen LogP) is 4.53. The lowest BCUT2D eigenvalue weighted by atomic mass is 9.56. The van der Waals surface area contributed by atoms with E-state index in [0.29, 0.717) is 24.8 Å². The van der Waals surface area contributed by atoms with Gasteiger partial charge in [0.25, 0.3) is 0 Å². The summed E-state index contributed by atoms with van der Waals surface area (Å²) in [6.45, 7) is 6.26. The van der Waals surface area contributed by atoms with E-state index in [1.54, 1.807) is 12.1 Å². The van der Waals surface area contributed by atoms with Crippen LogP contribution in [-0.4, -0.2) is 5.11 Å². The highest BCUT2D eigenvalue weighted by atomic mass is 19.1. The van der Waals surface area contributed by atoms with Crippen LogP contribution in [0.2, 0.25) is 0 Å². The number of nitriles is 1. The number of benzene rings is 1. The molecule has 0 saturated heterocycles. The van der Waals surface area contributed by atoms with Crippen LogP contribution in [0, 0.1) is 28.0 Å². The molecule has 1 aliphatic rings. The molecule has 2 nitrogen and oxygen atoms in total. The molecule has 0 amide bonds. The molecule has 1 unspecified atom stereocenters. The summed E-state index contributed by atoms with van der Waals surface area (Å²) >= 11 is 0. The fourth-order valence-corrected chi connectivity index (χ4v) is 3.54. The van der Waals surface area contributed by atoms with Gasteiger partial charge in [-0.2, -0.15) is 5.26 Å². The molecule has 0 radical (unpaired) electrons. The van der Waals surface area contributed by atoms with Gasteiger partial charge >= 0.3 is 0 Å². The Morgan fingerprint density at radius 2 is 1.90 bits per heavy atom. The molecule has 2 rings (SSSR count). The van der Waals surface area contributed by atoms with Gasteiger partial charge in [0.05, 0.1) is 11.5 Å². The monoisotopic (exact) mass is 289 g/mol. The van der Waals surface area contributed by atoms with Crippen LogP contribution in [0.25, 0.3) is 0 Å². The second-order valence-corrected chi connectivity index (χ2v) is 7.08. The Kier molecular flexibility index (Phi) is 4.13. The van der Waals surface area contributed by atoms with Crippen molar-refractivity contribution in [1.82, 2.24) is 0 Å². The molecular weight excluding hydrogens is 265 g/mol. The third kappa shape index (κ3) is 2.70. The highest BCUT2D eigenvalue weighted by Crippen LogP contribution is 2.55. The van der Waals surface area contributed by atoms with Crippen molar-refractivity contribution in [3.05, 3.63) is 35.6 Å². The van der Waals surface area contributed by atoms with Gasteiger partial charge in [0.2, 0.25) is 0 Å². The summed E-state index contributed by atoms with van der Waals surface area (Å²) in [5, 5.41) is 21.1. The van der Waals surface area contributed by atoms with Crippen LogP contribution in [-0.2, 0) is 5.60 Å². The van der Waals surface area contributed by atoms with Crippen LogP contribution in [0.1, 0.15) is 58.4 Å². The summed E-state index contributed by atoms with van der Waals surface area (Å²) in [6, 6.07) is 8.45. The normalized spacial score (nSPS) is 23.0. The number of halogens is 1. The van der Waals surface area contributed by atoms with E-state index in [9.17, 15) is 14.8 Å². The van der Waals surface area contributed by atoms with E-state index in [0.717, 1.165) is 12.8 Å². The van der Waals surface area contributed by atoms with Crippen molar-refractivity contribution >= 4 is 0 Å². The van der Waals surface area contributed by atoms with E-state index in [2.05, 4.69) is 19.9 Å². The summed E-state index contributed by atoms with van der Waals surface area (Å²) in [4.78, 5) is 0. The first kappa shape index (κ1) is 16.0. The molecule has 21 heavy (non-hydrogen) atoms. The lowest BCUT2D eigenvalue weighted by Crippen LogP contribution is -2.48. The van der Waals surface area contributed by atoms with Crippen molar-refractivity contribution < 1.29 is 9.50 Å². The zero-order chi connectivity index (χ0) is 15.7. The van der Waals surface area contributed by atoms with Crippen molar-refractivity contribution in [2.24, 2.45) is 10.8 Å². The zero-order valence-electron chi connectivity index (χ0n) is 13.1. The van der Waals surface area contributed by atoms with E-state index in [4.69, 9.17) is 0 Å². The number of aliphatic hydroxyl groups is 1. The summed E-state index contributed by atoms with van der Waals surface area (Å²) in [5.74, 6) is -0.372. The topological polar surface area (TPSA) is 44.0 Å². The molecule has 114 valence electrons. The van der Waals surface area contributed by atoms with Gasteiger partial charge in [-0.3, -0.25) is 0 Å². The predicted molar refractivity (Wildman–Crippen MR) is 80.9 cm³/mol. The molecule has 0 heterocycles. The zero-order valence-corrected chi connectivity index (χ0v) is 13.1. The SMILES string of the molecule is CCC(O)(c1cccc(F)c1)C1(C#N)CCC(C)(C)CC1. The molecule has 1 aromatic rings. The summed E-state index contributed by atoms with van der Waals surface area (Å²) < 4.78 is 13.6. The Balaban J connectivity index is 2.45. The summed E-state index contributed by atoms with van der Waals surface area (Å²) in [5.41, 5.74) is -1.39. The minimum atomic E-state index is -1.29. The van der Waals surface area contributed by atoms with Crippen molar-refractivity contribution in [3.63, 3.8) is 0 Å². The third-order valence-electron chi connectivity index (χ3n) is 5.28. The van der Waals surface area contributed by atoms with Crippen LogP contribution in [0.4, 0.5) is 4.39 Å². The van der Waals surface area contributed by atoms with Crippen molar-refractivity contribution in [1.29, 1.82) is 5.26 Å². The average molecular weight is 289 g/mol. The Labute approximate surface area is 126 Å². The van der Waals surface area contributed by atoms with Crippen LogP contribution in [0.3, 0.4) is 0 Å². The third-order valence-corrected chi connectivity index (χ3v) is 5.28. The number of hydrogen-bond acceptors (Lipinski definition) is 2. The first-order valence-corrected chi connectivity index (χ1v) is 7.68. The molecule has 1 saturated carbocycles. The molecule has 0 aliphatic heterocycles. The van der Waals surface area contributed by atoms with E-state index in [1.165, 1.54) is 12.1 Å². The molecule has 0 spiro atoms. The van der Waals surface area contributed by atoms with Gasteiger partial charge in [-0.05, 0) is 55.2 Å². The fraction of sp³-hybridized carbons (Fsp3) is 0.611. The van der Waals surface area contributed by atoms with Gasteiger partial charge in [0, 0.05) is 0 Å². The van der Waals surface area contributed by atoms with Crippen molar-refractivity contribution in [2.45, 2.75) is 58.5 Å².